The van der Waals surface area contributed by atoms with Crippen molar-refractivity contribution in [2.24, 2.45) is 0 Å². The average molecular weight is 838 g/mol. The molecule has 0 saturated heterocycles. The number of para-hydroxylation sites is 1. The minimum Gasteiger partial charge on any atom is -0.278 e. The smallest absolute Gasteiger partial charge is 0.238 e. The highest BCUT2D eigenvalue weighted by molar-refractivity contribution is 6.10. The van der Waals surface area contributed by atoms with Gasteiger partial charge in [-0.1, -0.05) is 196 Å². The first-order valence-corrected chi connectivity index (χ1v) is 21.9. The van der Waals surface area contributed by atoms with Crippen molar-refractivity contribution >= 4 is 33.0 Å². The summed E-state index contributed by atoms with van der Waals surface area (Å²) in [6.45, 7) is 11.5. The van der Waals surface area contributed by atoms with Gasteiger partial charge >= 0.3 is 0 Å². The van der Waals surface area contributed by atoms with Crippen molar-refractivity contribution in [3.05, 3.63) is 223 Å². The lowest BCUT2D eigenvalue weighted by Crippen LogP contribution is -2.15. The van der Waals surface area contributed by atoms with Gasteiger partial charge in [-0.3, -0.25) is 4.57 Å². The van der Waals surface area contributed by atoms with Crippen LogP contribution in [0.5, 0.6) is 0 Å². The minimum atomic E-state index is -0.361. The predicted molar refractivity (Wildman–Crippen MR) is 265 cm³/mol. The van der Waals surface area contributed by atoms with Gasteiger partial charge < -0.3 is 0 Å². The molecule has 0 amide bonds. The number of fused-ring (bicyclic) bond motifs is 4. The fourth-order valence-electron chi connectivity index (χ4n) is 9.19. The van der Waals surface area contributed by atoms with Crippen LogP contribution in [0, 0.1) is 0 Å². The van der Waals surface area contributed by atoms with Crippen LogP contribution in [-0.2, 0) is 5.41 Å². The monoisotopic (exact) mass is 837 g/mol. The van der Waals surface area contributed by atoms with Gasteiger partial charge in [-0.05, 0) is 58.5 Å². The Kier molecular flexibility index (Phi) is 9.73. The van der Waals surface area contributed by atoms with Gasteiger partial charge in [-0.15, -0.1) is 0 Å². The third kappa shape index (κ3) is 6.94. The summed E-state index contributed by atoms with van der Waals surface area (Å²) in [6, 6.07) is 62.0. The van der Waals surface area contributed by atoms with E-state index in [2.05, 4.69) is 98.2 Å². The number of hydrogen-bond acceptors (Lipinski definition) is 6. The molecule has 0 atom stereocenters. The maximum absolute atomic E-state index is 5.13. The molecule has 7 aromatic carbocycles. The standard InChI is InChI=1S/C58H43N7/c1-5-38(36-48-37(2)51-45(30-20-31-47(51)58(48,3)4)56-61-52(39-21-10-6-11-22-39)59-53(62-56)40-23-12-7-13-24-40)43-33-34-50-46(35-43)44-29-18-19-32-49(44)65(50)57-63-54(41-25-14-8-15-26-41)60-55(64-57)42-27-16-9-17-28-42/h5-36H,2H2,1,3-4H3/b38-5+,48-36+. The predicted octanol–water partition coefficient (Wildman–Crippen LogP) is 13.8. The average Bonchev–Trinajstić information content (AvgIpc) is 3.80. The van der Waals surface area contributed by atoms with Gasteiger partial charge in [0.1, 0.15) is 0 Å². The summed E-state index contributed by atoms with van der Waals surface area (Å²) in [5.41, 5.74) is 12.8. The van der Waals surface area contributed by atoms with Crippen LogP contribution in [0.1, 0.15) is 37.5 Å². The molecule has 65 heavy (non-hydrogen) atoms. The van der Waals surface area contributed by atoms with E-state index in [9.17, 15) is 0 Å². The Labute approximate surface area is 378 Å². The van der Waals surface area contributed by atoms with Crippen molar-refractivity contribution in [2.75, 3.05) is 0 Å². The molecule has 0 N–H and O–H groups in total. The Morgan fingerprint density at radius 2 is 0.969 bits per heavy atom. The zero-order valence-corrected chi connectivity index (χ0v) is 36.3. The lowest BCUT2D eigenvalue weighted by Gasteiger charge is -2.22. The maximum Gasteiger partial charge on any atom is 0.238 e. The molecule has 3 aromatic heterocycles. The molecule has 0 fully saturated rings. The Morgan fingerprint density at radius 1 is 0.492 bits per heavy atom. The maximum atomic E-state index is 5.13. The first kappa shape index (κ1) is 39.4. The Bertz CT molecular complexity index is 3400. The van der Waals surface area contributed by atoms with Crippen molar-refractivity contribution in [3.8, 4) is 62.9 Å². The van der Waals surface area contributed by atoms with Crippen LogP contribution in [0.15, 0.2) is 206 Å². The summed E-state index contributed by atoms with van der Waals surface area (Å²) in [6.07, 6.45) is 4.50. The second-order valence-corrected chi connectivity index (χ2v) is 16.8. The van der Waals surface area contributed by atoms with E-state index in [1.54, 1.807) is 0 Å². The number of aromatic nitrogens is 7. The van der Waals surface area contributed by atoms with Crippen LogP contribution in [-0.4, -0.2) is 34.5 Å². The van der Waals surface area contributed by atoms with Crippen LogP contribution in [0.4, 0.5) is 0 Å². The lowest BCUT2D eigenvalue weighted by molar-refractivity contribution is 0.661. The summed E-state index contributed by atoms with van der Waals surface area (Å²) in [5, 5.41) is 2.22. The molecular formula is C58H43N7. The van der Waals surface area contributed by atoms with Crippen molar-refractivity contribution in [2.45, 2.75) is 26.2 Å². The molecule has 0 spiro atoms. The van der Waals surface area contributed by atoms with E-state index >= 15 is 0 Å². The van der Waals surface area contributed by atoms with E-state index in [0.29, 0.717) is 35.1 Å². The molecule has 1 aliphatic carbocycles. The van der Waals surface area contributed by atoms with Crippen LogP contribution in [0.25, 0.3) is 95.8 Å². The minimum absolute atomic E-state index is 0.361. The van der Waals surface area contributed by atoms with Gasteiger partial charge in [0.05, 0.1) is 11.0 Å². The van der Waals surface area contributed by atoms with Gasteiger partial charge in [0.25, 0.3) is 0 Å². The highest BCUT2D eigenvalue weighted by atomic mass is 15.2. The Balaban J connectivity index is 1.02. The largest absolute Gasteiger partial charge is 0.278 e. The second-order valence-electron chi connectivity index (χ2n) is 16.8. The Morgan fingerprint density at radius 3 is 1.51 bits per heavy atom. The highest BCUT2D eigenvalue weighted by Crippen LogP contribution is 2.52. The Hall–Kier alpha value is -8.42. The van der Waals surface area contributed by atoms with E-state index in [0.717, 1.165) is 77.5 Å². The van der Waals surface area contributed by atoms with Crippen LogP contribution >= 0.6 is 0 Å². The molecule has 1 aliphatic rings. The summed E-state index contributed by atoms with van der Waals surface area (Å²) in [5.74, 6) is 3.67. The highest BCUT2D eigenvalue weighted by Gasteiger charge is 2.39. The lowest BCUT2D eigenvalue weighted by atomic mass is 9.81. The third-order valence-corrected chi connectivity index (χ3v) is 12.5. The zero-order valence-electron chi connectivity index (χ0n) is 36.3. The third-order valence-electron chi connectivity index (χ3n) is 12.5. The quantitative estimate of drug-likeness (QED) is 0.152. The molecule has 11 rings (SSSR count). The molecule has 7 nitrogen and oxygen atoms in total. The fourth-order valence-corrected chi connectivity index (χ4v) is 9.19. The van der Waals surface area contributed by atoms with Crippen molar-refractivity contribution in [1.29, 1.82) is 0 Å². The van der Waals surface area contributed by atoms with E-state index in [1.807, 2.05) is 121 Å². The fraction of sp³-hybridized carbons (Fsp3) is 0.0690. The molecule has 0 saturated carbocycles. The summed E-state index contributed by atoms with van der Waals surface area (Å²) >= 11 is 0. The summed E-state index contributed by atoms with van der Waals surface area (Å²) in [4.78, 5) is 30.4. The van der Waals surface area contributed by atoms with E-state index < -0.39 is 0 Å². The molecule has 3 heterocycles. The van der Waals surface area contributed by atoms with Gasteiger partial charge in [-0.25, -0.2) is 19.9 Å². The van der Waals surface area contributed by atoms with E-state index in [-0.39, 0.29) is 5.41 Å². The molecule has 0 aliphatic heterocycles. The van der Waals surface area contributed by atoms with E-state index in [4.69, 9.17) is 36.5 Å². The number of hydrogen-bond donors (Lipinski definition) is 0. The number of allylic oxidation sites excluding steroid dienone is 5. The van der Waals surface area contributed by atoms with Crippen molar-refractivity contribution in [1.82, 2.24) is 34.5 Å². The first-order valence-electron chi connectivity index (χ1n) is 21.9. The SMILES string of the molecule is C=C1/C(=C\C(=C/C)c2ccc3c(c2)c2ccccc2n3-c2nc(-c3ccccc3)nc(-c3ccccc3)n2)C(C)(C)c2cccc(-c3nc(-c4ccccc4)nc(-c4ccccc4)n3)c21. The van der Waals surface area contributed by atoms with Gasteiger partial charge in [-0.2, -0.15) is 9.97 Å². The van der Waals surface area contributed by atoms with Gasteiger partial charge in [0.15, 0.2) is 29.1 Å². The molecule has 7 heteroatoms. The van der Waals surface area contributed by atoms with Crippen LogP contribution < -0.4 is 0 Å². The van der Waals surface area contributed by atoms with E-state index in [1.165, 1.54) is 5.56 Å². The molecular weight excluding hydrogens is 795 g/mol. The van der Waals surface area contributed by atoms with Gasteiger partial charge in [0.2, 0.25) is 5.95 Å². The number of nitrogens with zero attached hydrogens (tertiary/aromatic N) is 7. The molecule has 0 unspecified atom stereocenters. The second kappa shape index (κ2) is 16.0. The summed E-state index contributed by atoms with van der Waals surface area (Å²) in [7, 11) is 0. The topological polar surface area (TPSA) is 82.3 Å². The summed E-state index contributed by atoms with van der Waals surface area (Å²) < 4.78 is 2.16. The molecule has 10 aromatic rings. The first-order chi connectivity index (χ1) is 31.9. The van der Waals surface area contributed by atoms with Crippen molar-refractivity contribution in [3.63, 3.8) is 0 Å². The molecule has 310 valence electrons. The van der Waals surface area contributed by atoms with Gasteiger partial charge in [0, 0.05) is 44.0 Å². The number of rotatable bonds is 8. The molecule has 0 radical (unpaired) electrons. The number of benzene rings is 7. The molecule has 0 bridgehead atoms. The van der Waals surface area contributed by atoms with Crippen LogP contribution in [0.2, 0.25) is 0 Å². The normalized spacial score (nSPS) is 14.0. The zero-order chi connectivity index (χ0) is 44.1. The van der Waals surface area contributed by atoms with Crippen LogP contribution in [0.3, 0.4) is 0 Å². The van der Waals surface area contributed by atoms with Crippen molar-refractivity contribution < 1.29 is 0 Å².